The van der Waals surface area contributed by atoms with Crippen LogP contribution in [0.2, 0.25) is 0 Å². The van der Waals surface area contributed by atoms with E-state index in [1.807, 2.05) is 0 Å². The number of benzene rings is 1. The van der Waals surface area contributed by atoms with E-state index in [9.17, 15) is 9.59 Å². The second-order valence-corrected chi connectivity index (χ2v) is 5.99. The summed E-state index contributed by atoms with van der Waals surface area (Å²) in [6.07, 6.45) is 0.209. The van der Waals surface area contributed by atoms with Crippen LogP contribution in [0.5, 0.6) is 5.75 Å². The molecule has 0 bridgehead atoms. The molecule has 0 saturated heterocycles. The summed E-state index contributed by atoms with van der Waals surface area (Å²) in [5.41, 5.74) is 1.32. The first-order valence-electron chi connectivity index (χ1n) is 7.83. The lowest BCUT2D eigenvalue weighted by Gasteiger charge is -2.25. The van der Waals surface area contributed by atoms with E-state index in [1.165, 1.54) is 6.92 Å². The summed E-state index contributed by atoms with van der Waals surface area (Å²) in [5.74, 6) is 0.982. The topological polar surface area (TPSA) is 55.8 Å². The minimum Gasteiger partial charge on any atom is -0.496 e. The lowest BCUT2D eigenvalue weighted by Crippen LogP contribution is -2.37. The predicted octanol–water partition coefficient (Wildman–Crippen LogP) is 2.57. The van der Waals surface area contributed by atoms with E-state index in [-0.39, 0.29) is 18.1 Å². The first-order valence-corrected chi connectivity index (χ1v) is 7.83. The van der Waals surface area contributed by atoms with Crippen molar-refractivity contribution in [1.29, 1.82) is 0 Å². The number of ketones is 1. The van der Waals surface area contributed by atoms with E-state index in [4.69, 9.17) is 9.47 Å². The lowest BCUT2D eigenvalue weighted by atomic mass is 10.0. The van der Waals surface area contributed by atoms with Gasteiger partial charge in [0.25, 0.3) is 0 Å². The average Bonchev–Trinajstić information content (AvgIpc) is 2.50. The molecule has 5 heteroatoms. The van der Waals surface area contributed by atoms with Gasteiger partial charge in [0.05, 0.1) is 20.1 Å². The minimum atomic E-state index is -0.0280. The molecule has 1 aromatic carbocycles. The van der Waals surface area contributed by atoms with Crippen molar-refractivity contribution in [2.75, 3.05) is 33.9 Å². The number of nitrogens with zero attached hydrogens (tertiary/aromatic N) is 1. The number of rotatable bonds is 9. The van der Waals surface area contributed by atoms with Gasteiger partial charge in [0.15, 0.2) is 5.78 Å². The molecular formula is C18H27NO4. The van der Waals surface area contributed by atoms with Crippen molar-refractivity contribution in [2.45, 2.75) is 27.2 Å². The van der Waals surface area contributed by atoms with Crippen LogP contribution in [0.15, 0.2) is 18.2 Å². The van der Waals surface area contributed by atoms with E-state index >= 15 is 0 Å². The fourth-order valence-electron chi connectivity index (χ4n) is 2.37. The van der Waals surface area contributed by atoms with Crippen LogP contribution in [0.3, 0.4) is 0 Å². The van der Waals surface area contributed by atoms with Gasteiger partial charge in [0.1, 0.15) is 5.75 Å². The predicted molar refractivity (Wildman–Crippen MR) is 90.0 cm³/mol. The Balaban J connectivity index is 2.95. The summed E-state index contributed by atoms with van der Waals surface area (Å²) in [7, 11) is 3.19. The minimum absolute atomic E-state index is 0.00903. The molecule has 0 unspecified atom stereocenters. The fourth-order valence-corrected chi connectivity index (χ4v) is 2.37. The molecule has 0 aromatic heterocycles. The van der Waals surface area contributed by atoms with Crippen LogP contribution >= 0.6 is 0 Å². The number of methoxy groups -OCH3 is 2. The van der Waals surface area contributed by atoms with Gasteiger partial charge in [-0.2, -0.15) is 0 Å². The zero-order valence-electron chi connectivity index (χ0n) is 14.7. The summed E-state index contributed by atoms with van der Waals surface area (Å²) in [6.45, 7) is 7.40. The summed E-state index contributed by atoms with van der Waals surface area (Å²) in [6, 6.07) is 5.19. The highest BCUT2D eigenvalue weighted by molar-refractivity contribution is 5.94. The standard InChI is InChI=1S/C18H27NO4/c1-13(2)12-19(8-9-22-4)18(21)11-16-10-15(14(3)20)6-7-17(16)23-5/h6-7,10,13H,8-9,11-12H2,1-5H3. The monoisotopic (exact) mass is 321 g/mol. The molecule has 0 aliphatic carbocycles. The summed E-state index contributed by atoms with van der Waals surface area (Å²) in [5, 5.41) is 0. The third-order valence-corrected chi connectivity index (χ3v) is 3.53. The van der Waals surface area contributed by atoms with Crippen molar-refractivity contribution >= 4 is 11.7 Å². The average molecular weight is 321 g/mol. The first kappa shape index (κ1) is 19.2. The van der Waals surface area contributed by atoms with Crippen LogP contribution in [0.4, 0.5) is 0 Å². The largest absolute Gasteiger partial charge is 0.496 e. The van der Waals surface area contributed by atoms with E-state index < -0.39 is 0 Å². The third kappa shape index (κ3) is 6.02. The highest BCUT2D eigenvalue weighted by atomic mass is 16.5. The second-order valence-electron chi connectivity index (χ2n) is 5.99. The Morgan fingerprint density at radius 1 is 1.22 bits per heavy atom. The Bertz CT molecular complexity index is 540. The van der Waals surface area contributed by atoms with Gasteiger partial charge in [-0.05, 0) is 31.0 Å². The van der Waals surface area contributed by atoms with E-state index in [0.29, 0.717) is 36.9 Å². The zero-order chi connectivity index (χ0) is 17.4. The van der Waals surface area contributed by atoms with Crippen LogP contribution in [-0.2, 0) is 16.0 Å². The van der Waals surface area contributed by atoms with Crippen molar-refractivity contribution < 1.29 is 19.1 Å². The number of carbonyl (C=O) groups excluding carboxylic acids is 2. The van der Waals surface area contributed by atoms with Crippen LogP contribution in [0.1, 0.15) is 36.7 Å². The Labute approximate surface area is 138 Å². The van der Waals surface area contributed by atoms with Crippen molar-refractivity contribution in [3.05, 3.63) is 29.3 Å². The molecule has 0 saturated carbocycles. The van der Waals surface area contributed by atoms with Gasteiger partial charge in [-0.25, -0.2) is 0 Å². The Hall–Kier alpha value is -1.88. The molecule has 0 fully saturated rings. The first-order chi connectivity index (χ1) is 10.9. The molecule has 0 aliphatic heterocycles. The van der Waals surface area contributed by atoms with Gasteiger partial charge in [0.2, 0.25) is 5.91 Å². The van der Waals surface area contributed by atoms with Gasteiger partial charge in [0, 0.05) is 31.3 Å². The highest BCUT2D eigenvalue weighted by Gasteiger charge is 2.18. The normalized spacial score (nSPS) is 10.7. The molecule has 5 nitrogen and oxygen atoms in total. The maximum atomic E-state index is 12.6. The number of carbonyl (C=O) groups is 2. The van der Waals surface area contributed by atoms with Crippen LogP contribution < -0.4 is 4.74 Å². The van der Waals surface area contributed by atoms with Crippen LogP contribution in [0.25, 0.3) is 0 Å². The summed E-state index contributed by atoms with van der Waals surface area (Å²) < 4.78 is 10.4. The number of Topliss-reactive ketones (excluding diaryl/α,β-unsaturated/α-hetero) is 1. The fraction of sp³-hybridized carbons (Fsp3) is 0.556. The quantitative estimate of drug-likeness (QED) is 0.656. The Morgan fingerprint density at radius 2 is 1.91 bits per heavy atom. The van der Waals surface area contributed by atoms with Crippen molar-refractivity contribution in [3.63, 3.8) is 0 Å². The third-order valence-electron chi connectivity index (χ3n) is 3.53. The van der Waals surface area contributed by atoms with Crippen LogP contribution in [0, 0.1) is 5.92 Å². The molecular weight excluding hydrogens is 294 g/mol. The maximum absolute atomic E-state index is 12.6. The van der Waals surface area contributed by atoms with Crippen molar-refractivity contribution in [3.8, 4) is 5.75 Å². The number of amides is 1. The molecule has 0 heterocycles. The molecule has 0 radical (unpaired) electrons. The van der Waals surface area contributed by atoms with Gasteiger partial charge >= 0.3 is 0 Å². The van der Waals surface area contributed by atoms with E-state index in [0.717, 1.165) is 5.56 Å². The van der Waals surface area contributed by atoms with Gasteiger partial charge in [-0.15, -0.1) is 0 Å². The van der Waals surface area contributed by atoms with Crippen molar-refractivity contribution in [1.82, 2.24) is 4.90 Å². The summed E-state index contributed by atoms with van der Waals surface area (Å²) >= 11 is 0. The van der Waals surface area contributed by atoms with E-state index in [1.54, 1.807) is 37.3 Å². The van der Waals surface area contributed by atoms with E-state index in [2.05, 4.69) is 13.8 Å². The lowest BCUT2D eigenvalue weighted by molar-refractivity contribution is -0.131. The zero-order valence-corrected chi connectivity index (χ0v) is 14.7. The van der Waals surface area contributed by atoms with Gasteiger partial charge in [-0.1, -0.05) is 13.8 Å². The molecule has 128 valence electrons. The smallest absolute Gasteiger partial charge is 0.227 e. The number of hydrogen-bond donors (Lipinski definition) is 0. The molecule has 0 aliphatic rings. The van der Waals surface area contributed by atoms with Crippen LogP contribution in [-0.4, -0.2) is 50.5 Å². The Kier molecular flexibility index (Phi) is 7.75. The molecule has 1 amide bonds. The summed E-state index contributed by atoms with van der Waals surface area (Å²) in [4.78, 5) is 26.0. The highest BCUT2D eigenvalue weighted by Crippen LogP contribution is 2.21. The molecule has 0 spiro atoms. The number of hydrogen-bond acceptors (Lipinski definition) is 4. The second kappa shape index (κ2) is 9.30. The molecule has 0 N–H and O–H groups in total. The molecule has 1 rings (SSSR count). The van der Waals surface area contributed by atoms with Gasteiger partial charge in [-0.3, -0.25) is 9.59 Å². The molecule has 1 aromatic rings. The SMILES string of the molecule is COCCN(CC(C)C)C(=O)Cc1cc(C(C)=O)ccc1OC. The molecule has 23 heavy (non-hydrogen) atoms. The molecule has 0 atom stereocenters. The number of ether oxygens (including phenoxy) is 2. The Morgan fingerprint density at radius 3 is 2.43 bits per heavy atom. The maximum Gasteiger partial charge on any atom is 0.227 e. The van der Waals surface area contributed by atoms with Crippen molar-refractivity contribution in [2.24, 2.45) is 5.92 Å². The van der Waals surface area contributed by atoms with Gasteiger partial charge < -0.3 is 14.4 Å².